The summed E-state index contributed by atoms with van der Waals surface area (Å²) in [6.07, 6.45) is 6.43. The number of rotatable bonds is 3. The molecule has 1 unspecified atom stereocenters. The van der Waals surface area contributed by atoms with Crippen LogP contribution in [0.5, 0.6) is 0 Å². The van der Waals surface area contributed by atoms with Crippen molar-refractivity contribution in [1.82, 2.24) is 4.90 Å². The predicted molar refractivity (Wildman–Crippen MR) is 87.1 cm³/mol. The predicted octanol–water partition coefficient (Wildman–Crippen LogP) is 3.57. The molecule has 1 saturated carbocycles. The molecule has 1 aliphatic carbocycles. The molecule has 21 heavy (non-hydrogen) atoms. The Balaban J connectivity index is 1.79. The normalized spacial score (nSPS) is 33.3. The number of hydrogen-bond acceptors (Lipinski definition) is 3. The summed E-state index contributed by atoms with van der Waals surface area (Å²) in [7, 11) is 0. The molecule has 4 heteroatoms. The van der Waals surface area contributed by atoms with Gasteiger partial charge >= 0.3 is 0 Å². The molecule has 3 nitrogen and oxygen atoms in total. The van der Waals surface area contributed by atoms with Crippen LogP contribution in [-0.2, 0) is 4.79 Å². The Bertz CT molecular complexity index is 477. The van der Waals surface area contributed by atoms with Gasteiger partial charge in [0.25, 0.3) is 0 Å². The van der Waals surface area contributed by atoms with Gasteiger partial charge in [-0.15, -0.1) is 11.3 Å². The zero-order valence-electron chi connectivity index (χ0n) is 12.9. The lowest BCUT2D eigenvalue weighted by Gasteiger charge is -2.41. The highest BCUT2D eigenvalue weighted by atomic mass is 32.1. The van der Waals surface area contributed by atoms with Crippen molar-refractivity contribution in [3.05, 3.63) is 22.4 Å². The lowest BCUT2D eigenvalue weighted by molar-refractivity contribution is -0.145. The van der Waals surface area contributed by atoms with Crippen molar-refractivity contribution < 1.29 is 4.79 Å². The van der Waals surface area contributed by atoms with E-state index in [4.69, 9.17) is 5.73 Å². The van der Waals surface area contributed by atoms with Crippen molar-refractivity contribution in [2.45, 2.75) is 51.5 Å². The first-order chi connectivity index (χ1) is 10.2. The molecular formula is C17H26N2OS. The molecule has 1 atom stereocenters. The summed E-state index contributed by atoms with van der Waals surface area (Å²) in [6, 6.07) is 4.54. The van der Waals surface area contributed by atoms with Crippen LogP contribution in [0.4, 0.5) is 0 Å². The Kier molecular flexibility index (Phi) is 4.36. The van der Waals surface area contributed by atoms with E-state index >= 15 is 0 Å². The van der Waals surface area contributed by atoms with Gasteiger partial charge < -0.3 is 10.6 Å². The maximum Gasteiger partial charge on any atom is 0.230 e. The molecule has 0 spiro atoms. The first-order valence-electron chi connectivity index (χ1n) is 8.21. The molecule has 0 aromatic carbocycles. The van der Waals surface area contributed by atoms with Crippen molar-refractivity contribution in [1.29, 1.82) is 0 Å². The summed E-state index contributed by atoms with van der Waals surface area (Å²) < 4.78 is 0. The van der Waals surface area contributed by atoms with E-state index in [9.17, 15) is 4.79 Å². The fourth-order valence-electron chi connectivity index (χ4n) is 3.91. The number of carbonyl (C=O) groups excluding carboxylic acids is 1. The minimum absolute atomic E-state index is 0.285. The second kappa shape index (κ2) is 6.09. The van der Waals surface area contributed by atoms with Gasteiger partial charge in [-0.1, -0.05) is 13.0 Å². The molecule has 1 aromatic heterocycles. The van der Waals surface area contributed by atoms with Crippen LogP contribution in [-0.4, -0.2) is 23.9 Å². The summed E-state index contributed by atoms with van der Waals surface area (Å²) in [5.74, 6) is 1.07. The molecule has 2 fully saturated rings. The van der Waals surface area contributed by atoms with Gasteiger partial charge in [0, 0.05) is 18.0 Å². The average Bonchev–Trinajstić information content (AvgIpc) is 3.18. The molecule has 1 amide bonds. The number of nitrogens with two attached hydrogens (primary N) is 1. The van der Waals surface area contributed by atoms with E-state index in [0.717, 1.165) is 51.0 Å². The van der Waals surface area contributed by atoms with E-state index in [1.807, 2.05) is 0 Å². The Hall–Kier alpha value is -0.870. The molecule has 2 aliphatic rings. The molecule has 116 valence electrons. The minimum Gasteiger partial charge on any atom is -0.334 e. The SMILES string of the molecule is CC1CCC(CN)(C(=O)N2CCCC2c2cccs2)CC1. The van der Waals surface area contributed by atoms with Gasteiger partial charge in [-0.25, -0.2) is 0 Å². The fraction of sp³-hybridized carbons (Fsp3) is 0.706. The van der Waals surface area contributed by atoms with Gasteiger partial charge in [0.2, 0.25) is 5.91 Å². The van der Waals surface area contributed by atoms with Crippen LogP contribution in [0.1, 0.15) is 56.4 Å². The Morgan fingerprint density at radius 1 is 1.43 bits per heavy atom. The van der Waals surface area contributed by atoms with E-state index in [0.29, 0.717) is 18.5 Å². The standard InChI is InChI=1S/C17H26N2OS/c1-13-6-8-17(12-18,9-7-13)16(20)19-10-2-4-14(19)15-5-3-11-21-15/h3,5,11,13-14H,2,4,6-10,12,18H2,1H3. The first kappa shape index (κ1) is 15.0. The highest BCUT2D eigenvalue weighted by Gasteiger charge is 2.45. The van der Waals surface area contributed by atoms with Crippen LogP contribution < -0.4 is 5.73 Å². The third-order valence-corrected chi connectivity index (χ3v) is 6.43. The summed E-state index contributed by atoms with van der Waals surface area (Å²) >= 11 is 1.77. The number of carbonyl (C=O) groups is 1. The maximum atomic E-state index is 13.2. The summed E-state index contributed by atoms with van der Waals surface area (Å²) in [6.45, 7) is 3.69. The molecule has 1 aliphatic heterocycles. The number of nitrogens with zero attached hydrogens (tertiary/aromatic N) is 1. The zero-order valence-corrected chi connectivity index (χ0v) is 13.7. The van der Waals surface area contributed by atoms with Crippen molar-refractivity contribution in [3.63, 3.8) is 0 Å². The number of hydrogen-bond donors (Lipinski definition) is 1. The van der Waals surface area contributed by atoms with Crippen LogP contribution in [0.3, 0.4) is 0 Å². The average molecular weight is 306 g/mol. The molecule has 3 rings (SSSR count). The number of thiophene rings is 1. The van der Waals surface area contributed by atoms with Gasteiger partial charge in [0.05, 0.1) is 11.5 Å². The zero-order chi connectivity index (χ0) is 14.9. The van der Waals surface area contributed by atoms with Gasteiger partial charge in [-0.2, -0.15) is 0 Å². The van der Waals surface area contributed by atoms with Crippen LogP contribution in [0.2, 0.25) is 0 Å². The van der Waals surface area contributed by atoms with Crippen molar-refractivity contribution >= 4 is 17.2 Å². The Labute approximate surface area is 131 Å². The van der Waals surface area contributed by atoms with E-state index in [1.54, 1.807) is 11.3 Å². The number of amides is 1. The monoisotopic (exact) mass is 306 g/mol. The summed E-state index contributed by atoms with van der Waals surface area (Å²) in [5.41, 5.74) is 5.79. The van der Waals surface area contributed by atoms with E-state index in [1.165, 1.54) is 4.88 Å². The largest absolute Gasteiger partial charge is 0.334 e. The van der Waals surface area contributed by atoms with Crippen LogP contribution in [0.15, 0.2) is 17.5 Å². The Morgan fingerprint density at radius 2 is 2.19 bits per heavy atom. The number of likely N-dealkylation sites (tertiary alicyclic amines) is 1. The van der Waals surface area contributed by atoms with Crippen molar-refractivity contribution in [3.8, 4) is 0 Å². The third-order valence-electron chi connectivity index (χ3n) is 5.46. The molecule has 0 radical (unpaired) electrons. The Morgan fingerprint density at radius 3 is 2.81 bits per heavy atom. The van der Waals surface area contributed by atoms with Crippen molar-refractivity contribution in [2.75, 3.05) is 13.1 Å². The van der Waals surface area contributed by atoms with E-state index in [-0.39, 0.29) is 5.41 Å². The quantitative estimate of drug-likeness (QED) is 0.928. The minimum atomic E-state index is -0.285. The van der Waals surface area contributed by atoms with Gasteiger partial charge in [-0.05, 0) is 55.9 Å². The second-order valence-electron chi connectivity index (χ2n) is 6.84. The summed E-state index contributed by atoms with van der Waals surface area (Å²) in [4.78, 5) is 16.7. The maximum absolute atomic E-state index is 13.2. The molecule has 2 N–H and O–H groups in total. The second-order valence-corrected chi connectivity index (χ2v) is 7.82. The van der Waals surface area contributed by atoms with Gasteiger partial charge in [0.15, 0.2) is 0 Å². The molecule has 0 bridgehead atoms. The molecule has 1 aromatic rings. The van der Waals surface area contributed by atoms with E-state index in [2.05, 4.69) is 29.3 Å². The highest BCUT2D eigenvalue weighted by molar-refractivity contribution is 7.10. The molecular weight excluding hydrogens is 280 g/mol. The van der Waals surface area contributed by atoms with Gasteiger partial charge in [-0.3, -0.25) is 4.79 Å². The summed E-state index contributed by atoms with van der Waals surface area (Å²) in [5, 5.41) is 2.11. The highest BCUT2D eigenvalue weighted by Crippen LogP contribution is 2.43. The third kappa shape index (κ3) is 2.76. The topological polar surface area (TPSA) is 46.3 Å². The smallest absolute Gasteiger partial charge is 0.230 e. The first-order valence-corrected chi connectivity index (χ1v) is 9.09. The molecule has 2 heterocycles. The van der Waals surface area contributed by atoms with Gasteiger partial charge in [0.1, 0.15) is 0 Å². The van der Waals surface area contributed by atoms with Crippen LogP contribution >= 0.6 is 11.3 Å². The fourth-order valence-corrected chi connectivity index (χ4v) is 4.78. The lowest BCUT2D eigenvalue weighted by Crippen LogP contribution is -2.49. The van der Waals surface area contributed by atoms with Crippen LogP contribution in [0.25, 0.3) is 0 Å². The van der Waals surface area contributed by atoms with Crippen LogP contribution in [0, 0.1) is 11.3 Å². The molecule has 1 saturated heterocycles. The lowest BCUT2D eigenvalue weighted by atomic mass is 9.70. The van der Waals surface area contributed by atoms with Crippen molar-refractivity contribution in [2.24, 2.45) is 17.1 Å². The van der Waals surface area contributed by atoms with E-state index < -0.39 is 0 Å².